The van der Waals surface area contributed by atoms with Crippen LogP contribution in [-0.4, -0.2) is 40.0 Å². The van der Waals surface area contributed by atoms with Crippen LogP contribution in [0.3, 0.4) is 0 Å². The van der Waals surface area contributed by atoms with E-state index < -0.39 is 0 Å². The Morgan fingerprint density at radius 3 is 3.21 bits per heavy atom. The highest BCUT2D eigenvalue weighted by Crippen LogP contribution is 2.19. The molecule has 0 saturated carbocycles. The lowest BCUT2D eigenvalue weighted by atomic mass is 10.2. The first-order valence-corrected chi connectivity index (χ1v) is 7.24. The fraction of sp³-hybridized carbons (Fsp3) is 0.533. The third-order valence-corrected chi connectivity index (χ3v) is 3.91. The van der Waals surface area contributed by atoms with Gasteiger partial charge in [-0.1, -0.05) is 13.0 Å². The Balaban J connectivity index is 1.69. The minimum Gasteiger partial charge on any atom is -0.315 e. The minimum absolute atomic E-state index is 0.671. The van der Waals surface area contributed by atoms with E-state index in [1.165, 1.54) is 25.1 Å². The number of hydrogen-bond donors (Lipinski definition) is 1. The van der Waals surface area contributed by atoms with Gasteiger partial charge in [0.1, 0.15) is 5.65 Å². The van der Waals surface area contributed by atoms with Crippen LogP contribution < -0.4 is 5.32 Å². The molecule has 0 aromatic carbocycles. The molecule has 4 nitrogen and oxygen atoms in total. The lowest BCUT2D eigenvalue weighted by Crippen LogP contribution is -2.37. The number of pyridine rings is 1. The molecule has 3 rings (SSSR count). The summed E-state index contributed by atoms with van der Waals surface area (Å²) in [5.41, 5.74) is 2.22. The van der Waals surface area contributed by atoms with Gasteiger partial charge in [0.2, 0.25) is 0 Å². The van der Waals surface area contributed by atoms with Gasteiger partial charge in [-0.15, -0.1) is 0 Å². The standard InChI is InChI=1S/C15H22N4/c1-2-16-10-14-6-5-9-18(14)11-13-12-19-8-4-3-7-15(19)17-13/h3-4,7-8,12,14,16H,2,5-6,9-11H2,1H3. The summed E-state index contributed by atoms with van der Waals surface area (Å²) < 4.78 is 2.10. The van der Waals surface area contributed by atoms with Crippen LogP contribution in [0.4, 0.5) is 0 Å². The normalized spacial score (nSPS) is 20.4. The molecule has 19 heavy (non-hydrogen) atoms. The van der Waals surface area contributed by atoms with Crippen molar-refractivity contribution in [1.29, 1.82) is 0 Å². The van der Waals surface area contributed by atoms with Gasteiger partial charge in [0, 0.05) is 31.5 Å². The Labute approximate surface area is 114 Å². The molecule has 0 bridgehead atoms. The summed E-state index contributed by atoms with van der Waals surface area (Å²) in [7, 11) is 0. The van der Waals surface area contributed by atoms with Gasteiger partial charge in [-0.3, -0.25) is 4.90 Å². The number of rotatable bonds is 5. The summed E-state index contributed by atoms with van der Waals surface area (Å²) in [4.78, 5) is 7.25. The number of hydrogen-bond acceptors (Lipinski definition) is 3. The van der Waals surface area contributed by atoms with Crippen molar-refractivity contribution in [3.8, 4) is 0 Å². The third kappa shape index (κ3) is 2.80. The summed E-state index contributed by atoms with van der Waals surface area (Å²) >= 11 is 0. The second kappa shape index (κ2) is 5.72. The van der Waals surface area contributed by atoms with Crippen LogP contribution in [0.1, 0.15) is 25.5 Å². The smallest absolute Gasteiger partial charge is 0.137 e. The zero-order chi connectivity index (χ0) is 13.1. The van der Waals surface area contributed by atoms with Gasteiger partial charge in [0.25, 0.3) is 0 Å². The van der Waals surface area contributed by atoms with Gasteiger partial charge in [-0.05, 0) is 38.1 Å². The highest BCUT2D eigenvalue weighted by Gasteiger charge is 2.24. The predicted molar refractivity (Wildman–Crippen MR) is 77.2 cm³/mol. The first-order chi connectivity index (χ1) is 9.36. The molecule has 1 atom stereocenters. The number of nitrogens with one attached hydrogen (secondary N) is 1. The Hall–Kier alpha value is -1.39. The van der Waals surface area contributed by atoms with Crippen LogP contribution in [0.5, 0.6) is 0 Å². The van der Waals surface area contributed by atoms with E-state index in [4.69, 9.17) is 4.98 Å². The lowest BCUT2D eigenvalue weighted by molar-refractivity contribution is 0.238. The topological polar surface area (TPSA) is 32.6 Å². The SMILES string of the molecule is CCNCC1CCCN1Cc1cn2ccccc2n1. The fourth-order valence-corrected chi connectivity index (χ4v) is 2.92. The maximum atomic E-state index is 4.69. The minimum atomic E-state index is 0.671. The quantitative estimate of drug-likeness (QED) is 0.889. The summed E-state index contributed by atoms with van der Waals surface area (Å²) in [5, 5.41) is 3.47. The second-order valence-corrected chi connectivity index (χ2v) is 5.27. The number of fused-ring (bicyclic) bond motifs is 1. The zero-order valence-electron chi connectivity index (χ0n) is 11.5. The van der Waals surface area contributed by atoms with E-state index in [1.807, 2.05) is 12.1 Å². The molecule has 3 heterocycles. The molecule has 1 saturated heterocycles. The summed E-state index contributed by atoms with van der Waals surface area (Å²) in [6.45, 7) is 6.49. The van der Waals surface area contributed by atoms with Gasteiger partial charge < -0.3 is 9.72 Å². The maximum Gasteiger partial charge on any atom is 0.137 e. The van der Waals surface area contributed by atoms with Crippen molar-refractivity contribution in [3.05, 3.63) is 36.3 Å². The molecular weight excluding hydrogens is 236 g/mol. The fourth-order valence-electron chi connectivity index (χ4n) is 2.92. The molecule has 0 aliphatic carbocycles. The molecule has 0 spiro atoms. The number of imidazole rings is 1. The Bertz CT molecular complexity index is 501. The van der Waals surface area contributed by atoms with Gasteiger partial charge >= 0.3 is 0 Å². The molecule has 2 aromatic heterocycles. The van der Waals surface area contributed by atoms with Gasteiger partial charge in [0.15, 0.2) is 0 Å². The molecule has 0 amide bonds. The average molecular weight is 258 g/mol. The molecule has 102 valence electrons. The molecule has 1 N–H and O–H groups in total. The lowest BCUT2D eigenvalue weighted by Gasteiger charge is -2.23. The Kier molecular flexibility index (Phi) is 3.80. The van der Waals surface area contributed by atoms with E-state index >= 15 is 0 Å². The van der Waals surface area contributed by atoms with Crippen molar-refractivity contribution >= 4 is 5.65 Å². The van der Waals surface area contributed by atoms with Crippen LogP contribution in [0.25, 0.3) is 5.65 Å². The number of aromatic nitrogens is 2. The van der Waals surface area contributed by atoms with Gasteiger partial charge in [-0.2, -0.15) is 0 Å². The van der Waals surface area contributed by atoms with Crippen LogP contribution in [-0.2, 0) is 6.54 Å². The average Bonchev–Trinajstić information content (AvgIpc) is 3.02. The molecule has 1 fully saturated rings. The molecule has 0 radical (unpaired) electrons. The maximum absolute atomic E-state index is 4.69. The Morgan fingerprint density at radius 2 is 2.37 bits per heavy atom. The largest absolute Gasteiger partial charge is 0.315 e. The van der Waals surface area contributed by atoms with E-state index in [0.29, 0.717) is 6.04 Å². The zero-order valence-corrected chi connectivity index (χ0v) is 11.5. The monoisotopic (exact) mass is 258 g/mol. The van der Waals surface area contributed by atoms with Crippen LogP contribution in [0, 0.1) is 0 Å². The summed E-state index contributed by atoms with van der Waals surface area (Å²) in [6, 6.07) is 6.81. The van der Waals surface area contributed by atoms with Crippen molar-refractivity contribution in [2.75, 3.05) is 19.6 Å². The molecule has 1 aliphatic rings. The first-order valence-electron chi connectivity index (χ1n) is 7.24. The van der Waals surface area contributed by atoms with Crippen molar-refractivity contribution in [2.24, 2.45) is 0 Å². The van der Waals surface area contributed by atoms with E-state index in [-0.39, 0.29) is 0 Å². The van der Waals surface area contributed by atoms with Gasteiger partial charge in [-0.25, -0.2) is 4.98 Å². The first kappa shape index (κ1) is 12.6. The van der Waals surface area contributed by atoms with Gasteiger partial charge in [0.05, 0.1) is 5.69 Å². The van der Waals surface area contributed by atoms with Crippen molar-refractivity contribution in [1.82, 2.24) is 19.6 Å². The van der Waals surface area contributed by atoms with E-state index in [2.05, 4.69) is 40.0 Å². The predicted octanol–water partition coefficient (Wildman–Crippen LogP) is 1.91. The molecule has 4 heteroatoms. The molecule has 1 aliphatic heterocycles. The highest BCUT2D eigenvalue weighted by molar-refractivity contribution is 5.39. The van der Waals surface area contributed by atoms with E-state index in [0.717, 1.165) is 25.3 Å². The molecule has 2 aromatic rings. The van der Waals surface area contributed by atoms with Crippen LogP contribution >= 0.6 is 0 Å². The molecule has 1 unspecified atom stereocenters. The van der Waals surface area contributed by atoms with Crippen molar-refractivity contribution < 1.29 is 0 Å². The van der Waals surface area contributed by atoms with E-state index in [9.17, 15) is 0 Å². The second-order valence-electron chi connectivity index (χ2n) is 5.27. The van der Waals surface area contributed by atoms with Crippen molar-refractivity contribution in [3.63, 3.8) is 0 Å². The highest BCUT2D eigenvalue weighted by atomic mass is 15.2. The van der Waals surface area contributed by atoms with Crippen molar-refractivity contribution in [2.45, 2.75) is 32.4 Å². The summed E-state index contributed by atoms with van der Waals surface area (Å²) in [5.74, 6) is 0. The number of likely N-dealkylation sites (tertiary alicyclic amines) is 1. The van der Waals surface area contributed by atoms with E-state index in [1.54, 1.807) is 0 Å². The van der Waals surface area contributed by atoms with Crippen LogP contribution in [0.15, 0.2) is 30.6 Å². The summed E-state index contributed by atoms with van der Waals surface area (Å²) in [6.07, 6.45) is 6.83. The third-order valence-electron chi connectivity index (χ3n) is 3.91. The number of nitrogens with zero attached hydrogens (tertiary/aromatic N) is 3. The Morgan fingerprint density at radius 1 is 1.42 bits per heavy atom. The molecular formula is C15H22N4. The number of likely N-dealkylation sites (N-methyl/N-ethyl adjacent to an activating group) is 1. The van der Waals surface area contributed by atoms with Crippen LogP contribution in [0.2, 0.25) is 0 Å².